The average Bonchev–Trinajstić information content (AvgIpc) is 2.57. The molecule has 1 N–H and O–H groups in total. The van der Waals surface area contributed by atoms with Gasteiger partial charge in [-0.15, -0.1) is 5.10 Å². The molecule has 6 nitrogen and oxygen atoms in total. The first-order chi connectivity index (χ1) is 7.20. The Morgan fingerprint density at radius 3 is 2.87 bits per heavy atom. The van der Waals surface area contributed by atoms with Crippen LogP contribution in [0.1, 0.15) is 25.7 Å². The first-order valence-electron chi connectivity index (χ1n) is 4.77. The number of tetrazole rings is 1. The molecule has 84 valence electrons. The molecule has 0 aromatic carbocycles. The van der Waals surface area contributed by atoms with E-state index in [1.165, 1.54) is 0 Å². The van der Waals surface area contributed by atoms with Crippen LogP contribution in [-0.2, 0) is 11.8 Å². The molecule has 0 aliphatic rings. The summed E-state index contributed by atoms with van der Waals surface area (Å²) in [6, 6.07) is 0. The van der Waals surface area contributed by atoms with E-state index in [0.717, 1.165) is 30.2 Å². The van der Waals surface area contributed by atoms with Gasteiger partial charge in [0.1, 0.15) is 0 Å². The minimum atomic E-state index is -0.722. The van der Waals surface area contributed by atoms with Crippen molar-refractivity contribution in [2.75, 3.05) is 5.75 Å². The SMILES string of the molecule is Cn1nnnc1SCCCCCC(=O)O. The lowest BCUT2D eigenvalue weighted by atomic mass is 10.2. The quantitative estimate of drug-likeness (QED) is 0.554. The molecular weight excluding hydrogens is 216 g/mol. The minimum absolute atomic E-state index is 0.260. The third-order valence-electron chi connectivity index (χ3n) is 1.85. The molecule has 0 saturated carbocycles. The Labute approximate surface area is 92.0 Å². The highest BCUT2D eigenvalue weighted by Crippen LogP contribution is 2.15. The van der Waals surface area contributed by atoms with Gasteiger partial charge in [0.15, 0.2) is 0 Å². The van der Waals surface area contributed by atoms with Gasteiger partial charge in [0, 0.05) is 19.2 Å². The highest BCUT2D eigenvalue weighted by molar-refractivity contribution is 7.99. The third-order valence-corrected chi connectivity index (χ3v) is 2.94. The van der Waals surface area contributed by atoms with E-state index in [4.69, 9.17) is 5.11 Å². The molecule has 1 aromatic rings. The van der Waals surface area contributed by atoms with E-state index in [1.54, 1.807) is 23.5 Å². The molecule has 1 heterocycles. The molecule has 0 radical (unpaired) electrons. The predicted octanol–water partition coefficient (Wildman–Crippen LogP) is 0.947. The summed E-state index contributed by atoms with van der Waals surface area (Å²) in [5.74, 6) is 0.202. The average molecular weight is 230 g/mol. The van der Waals surface area contributed by atoms with Crippen molar-refractivity contribution in [1.82, 2.24) is 20.2 Å². The maximum Gasteiger partial charge on any atom is 0.303 e. The van der Waals surface area contributed by atoms with E-state index in [-0.39, 0.29) is 6.42 Å². The molecule has 15 heavy (non-hydrogen) atoms. The van der Waals surface area contributed by atoms with Crippen molar-refractivity contribution < 1.29 is 9.90 Å². The Kier molecular flexibility index (Phi) is 5.09. The monoisotopic (exact) mass is 230 g/mol. The minimum Gasteiger partial charge on any atom is -0.481 e. The second-order valence-corrected chi connectivity index (χ2v) is 4.20. The lowest BCUT2D eigenvalue weighted by Gasteiger charge is -1.98. The number of aryl methyl sites for hydroxylation is 1. The Bertz CT molecular complexity index is 315. The fraction of sp³-hybridized carbons (Fsp3) is 0.750. The lowest BCUT2D eigenvalue weighted by molar-refractivity contribution is -0.137. The van der Waals surface area contributed by atoms with E-state index < -0.39 is 5.97 Å². The van der Waals surface area contributed by atoms with Crippen LogP contribution in [0.15, 0.2) is 5.16 Å². The van der Waals surface area contributed by atoms with E-state index in [9.17, 15) is 4.79 Å². The van der Waals surface area contributed by atoms with Crippen molar-refractivity contribution in [3.8, 4) is 0 Å². The molecule has 0 spiro atoms. The molecule has 0 amide bonds. The van der Waals surface area contributed by atoms with Crippen molar-refractivity contribution in [2.24, 2.45) is 7.05 Å². The summed E-state index contributed by atoms with van der Waals surface area (Å²) < 4.78 is 1.63. The number of carboxylic acid groups (broad SMARTS) is 1. The molecule has 7 heteroatoms. The summed E-state index contributed by atoms with van der Waals surface area (Å²) in [6.07, 6.45) is 2.93. The van der Waals surface area contributed by atoms with Crippen molar-refractivity contribution in [3.05, 3.63) is 0 Å². The summed E-state index contributed by atoms with van der Waals surface area (Å²) in [5, 5.41) is 20.3. The van der Waals surface area contributed by atoms with E-state index in [2.05, 4.69) is 15.5 Å². The van der Waals surface area contributed by atoms with E-state index in [0.29, 0.717) is 0 Å². The number of aromatic nitrogens is 4. The zero-order chi connectivity index (χ0) is 11.1. The van der Waals surface area contributed by atoms with Gasteiger partial charge in [-0.1, -0.05) is 18.2 Å². The molecule has 0 unspecified atom stereocenters. The number of carboxylic acids is 1. The smallest absolute Gasteiger partial charge is 0.303 e. The maximum atomic E-state index is 10.2. The van der Waals surface area contributed by atoms with Crippen LogP contribution < -0.4 is 0 Å². The summed E-state index contributed by atoms with van der Waals surface area (Å²) in [7, 11) is 1.80. The van der Waals surface area contributed by atoms with Gasteiger partial charge in [-0.3, -0.25) is 4.79 Å². The number of thioether (sulfide) groups is 1. The lowest BCUT2D eigenvalue weighted by Crippen LogP contribution is -1.95. The van der Waals surface area contributed by atoms with Crippen LogP contribution in [0.2, 0.25) is 0 Å². The fourth-order valence-electron chi connectivity index (χ4n) is 1.06. The second-order valence-electron chi connectivity index (χ2n) is 3.14. The first-order valence-corrected chi connectivity index (χ1v) is 5.75. The second kappa shape index (κ2) is 6.39. The highest BCUT2D eigenvalue weighted by Gasteiger charge is 2.02. The topological polar surface area (TPSA) is 80.9 Å². The molecule has 1 aromatic heterocycles. The Morgan fingerprint density at radius 2 is 2.27 bits per heavy atom. The van der Waals surface area contributed by atoms with Crippen LogP contribution in [0.4, 0.5) is 0 Å². The van der Waals surface area contributed by atoms with Crippen LogP contribution in [0.3, 0.4) is 0 Å². The van der Waals surface area contributed by atoms with Gasteiger partial charge in [-0.2, -0.15) is 0 Å². The third kappa shape index (κ3) is 4.78. The Balaban J connectivity index is 2.03. The van der Waals surface area contributed by atoms with Gasteiger partial charge < -0.3 is 5.11 Å². The molecule has 0 aliphatic heterocycles. The zero-order valence-corrected chi connectivity index (χ0v) is 9.40. The fourth-order valence-corrected chi connectivity index (χ4v) is 1.91. The number of hydrogen-bond donors (Lipinski definition) is 1. The maximum absolute atomic E-state index is 10.2. The summed E-state index contributed by atoms with van der Waals surface area (Å²) in [5.41, 5.74) is 0. The number of carbonyl (C=O) groups is 1. The van der Waals surface area contributed by atoms with E-state index in [1.807, 2.05) is 0 Å². The molecule has 0 atom stereocenters. The Hall–Kier alpha value is -1.11. The molecule has 0 bridgehead atoms. The van der Waals surface area contributed by atoms with Gasteiger partial charge in [0.05, 0.1) is 0 Å². The van der Waals surface area contributed by atoms with Crippen LogP contribution in [0.25, 0.3) is 0 Å². The van der Waals surface area contributed by atoms with Crippen LogP contribution in [-0.4, -0.2) is 37.0 Å². The van der Waals surface area contributed by atoms with Crippen LogP contribution >= 0.6 is 11.8 Å². The van der Waals surface area contributed by atoms with Crippen LogP contribution in [0.5, 0.6) is 0 Å². The number of aliphatic carboxylic acids is 1. The number of nitrogens with zero attached hydrogens (tertiary/aromatic N) is 4. The first kappa shape index (κ1) is 12.0. The van der Waals surface area contributed by atoms with Gasteiger partial charge in [-0.25, -0.2) is 4.68 Å². The van der Waals surface area contributed by atoms with Gasteiger partial charge >= 0.3 is 5.97 Å². The summed E-state index contributed by atoms with van der Waals surface area (Å²) >= 11 is 1.59. The largest absolute Gasteiger partial charge is 0.481 e. The number of hydrogen-bond acceptors (Lipinski definition) is 5. The molecular formula is C8H14N4O2S. The standard InChI is InChI=1S/C8H14N4O2S/c1-12-8(9-10-11-12)15-6-4-2-3-5-7(13)14/h2-6H2,1H3,(H,13,14). The van der Waals surface area contributed by atoms with Crippen molar-refractivity contribution in [1.29, 1.82) is 0 Å². The van der Waals surface area contributed by atoms with Crippen molar-refractivity contribution in [3.63, 3.8) is 0 Å². The molecule has 0 saturated heterocycles. The molecule has 0 aliphatic carbocycles. The van der Waals surface area contributed by atoms with Gasteiger partial charge in [0.25, 0.3) is 0 Å². The van der Waals surface area contributed by atoms with Gasteiger partial charge in [0.2, 0.25) is 5.16 Å². The van der Waals surface area contributed by atoms with Gasteiger partial charge in [-0.05, 0) is 23.3 Å². The van der Waals surface area contributed by atoms with E-state index >= 15 is 0 Å². The summed E-state index contributed by atoms with van der Waals surface area (Å²) in [4.78, 5) is 10.2. The highest BCUT2D eigenvalue weighted by atomic mass is 32.2. The Morgan fingerprint density at radius 1 is 1.47 bits per heavy atom. The van der Waals surface area contributed by atoms with Crippen molar-refractivity contribution >= 4 is 17.7 Å². The summed E-state index contributed by atoms with van der Waals surface area (Å²) in [6.45, 7) is 0. The number of unbranched alkanes of at least 4 members (excludes halogenated alkanes) is 2. The number of rotatable bonds is 7. The van der Waals surface area contributed by atoms with Crippen molar-refractivity contribution in [2.45, 2.75) is 30.8 Å². The zero-order valence-electron chi connectivity index (χ0n) is 8.59. The molecule has 1 rings (SSSR count). The normalized spacial score (nSPS) is 10.5. The van der Waals surface area contributed by atoms with Crippen LogP contribution in [0, 0.1) is 0 Å². The molecule has 0 fully saturated rings. The predicted molar refractivity (Wildman–Crippen MR) is 55.6 cm³/mol.